The molecule has 0 unspecified atom stereocenters. The molecule has 7 heteroatoms. The molecule has 0 fully saturated rings. The van der Waals surface area contributed by atoms with E-state index < -0.39 is 23.7 Å². The third-order valence-corrected chi connectivity index (χ3v) is 4.77. The minimum Gasteiger partial charge on any atom is -0.444 e. The highest BCUT2D eigenvalue weighted by Gasteiger charge is 2.27. The Morgan fingerprint density at radius 3 is 2.55 bits per heavy atom. The smallest absolute Gasteiger partial charge is 0.408 e. The highest BCUT2D eigenvalue weighted by molar-refractivity contribution is 5.92. The standard InChI is InChI=1S/C22H27NO6/c1-6-15(23-21(26)29-22(3,4)5)20(25)28-17-11-12(2)10-16-18(17)13-8-7-9-14(13)19(24)27-16/h10-11,15H,6-9H2,1-5H3,(H,23,26)/t15-/m1/s1. The third-order valence-electron chi connectivity index (χ3n) is 4.77. The summed E-state index contributed by atoms with van der Waals surface area (Å²) in [6, 6.07) is 2.66. The Balaban J connectivity index is 1.91. The van der Waals surface area contributed by atoms with Gasteiger partial charge in [0.1, 0.15) is 23.0 Å². The van der Waals surface area contributed by atoms with Crippen LogP contribution in [0, 0.1) is 6.92 Å². The average Bonchev–Trinajstić information content (AvgIpc) is 3.07. The third kappa shape index (κ3) is 4.60. The van der Waals surface area contributed by atoms with Gasteiger partial charge in [-0.3, -0.25) is 0 Å². The minimum absolute atomic E-state index is 0.328. The van der Waals surface area contributed by atoms with Gasteiger partial charge in [-0.1, -0.05) is 6.92 Å². The Morgan fingerprint density at radius 2 is 1.90 bits per heavy atom. The number of ether oxygens (including phenoxy) is 2. The predicted molar refractivity (Wildman–Crippen MR) is 108 cm³/mol. The molecule has 0 bridgehead atoms. The van der Waals surface area contributed by atoms with Gasteiger partial charge >= 0.3 is 17.7 Å². The van der Waals surface area contributed by atoms with E-state index in [1.54, 1.807) is 39.8 Å². The number of amides is 1. The monoisotopic (exact) mass is 401 g/mol. The molecule has 0 spiro atoms. The van der Waals surface area contributed by atoms with Gasteiger partial charge in [-0.15, -0.1) is 0 Å². The van der Waals surface area contributed by atoms with Gasteiger partial charge in [0.15, 0.2) is 0 Å². The molecule has 1 aromatic heterocycles. The Hall–Kier alpha value is -2.83. The maximum atomic E-state index is 12.8. The minimum atomic E-state index is -0.857. The van der Waals surface area contributed by atoms with Crippen LogP contribution >= 0.6 is 0 Å². The number of nitrogens with one attached hydrogen (secondary N) is 1. The molecule has 0 saturated heterocycles. The van der Waals surface area contributed by atoms with Crippen molar-refractivity contribution < 1.29 is 23.5 Å². The molecule has 1 atom stereocenters. The first kappa shape index (κ1) is 20.9. The fourth-order valence-corrected chi connectivity index (χ4v) is 3.54. The van der Waals surface area contributed by atoms with E-state index in [4.69, 9.17) is 13.9 Å². The van der Waals surface area contributed by atoms with E-state index in [0.29, 0.717) is 35.1 Å². The van der Waals surface area contributed by atoms with Gasteiger partial charge in [-0.05, 0) is 76.6 Å². The number of alkyl carbamates (subject to hydrolysis) is 1. The lowest BCUT2D eigenvalue weighted by Gasteiger charge is -2.22. The number of rotatable bonds is 4. The lowest BCUT2D eigenvalue weighted by atomic mass is 10.0. The van der Waals surface area contributed by atoms with Crippen molar-refractivity contribution in [2.45, 2.75) is 71.9 Å². The molecule has 29 heavy (non-hydrogen) atoms. The van der Waals surface area contributed by atoms with Gasteiger partial charge in [0.2, 0.25) is 0 Å². The van der Waals surface area contributed by atoms with Crippen molar-refractivity contribution in [1.29, 1.82) is 0 Å². The zero-order chi connectivity index (χ0) is 21.3. The van der Waals surface area contributed by atoms with E-state index in [0.717, 1.165) is 24.0 Å². The number of hydrogen-bond acceptors (Lipinski definition) is 6. The molecule has 1 N–H and O–H groups in total. The van der Waals surface area contributed by atoms with Crippen LogP contribution in [-0.4, -0.2) is 23.7 Å². The highest BCUT2D eigenvalue weighted by Crippen LogP contribution is 2.35. The summed E-state index contributed by atoms with van der Waals surface area (Å²) < 4.78 is 16.4. The van der Waals surface area contributed by atoms with Crippen LogP contribution in [0.2, 0.25) is 0 Å². The van der Waals surface area contributed by atoms with Crippen LogP contribution in [0.25, 0.3) is 11.0 Å². The summed E-state index contributed by atoms with van der Waals surface area (Å²) >= 11 is 0. The van der Waals surface area contributed by atoms with Gasteiger partial charge in [0, 0.05) is 5.56 Å². The van der Waals surface area contributed by atoms with Crippen molar-refractivity contribution >= 4 is 23.0 Å². The number of carbonyl (C=O) groups is 2. The summed E-state index contributed by atoms with van der Waals surface area (Å²) in [6.45, 7) is 8.85. The van der Waals surface area contributed by atoms with Crippen LogP contribution < -0.4 is 15.7 Å². The lowest BCUT2D eigenvalue weighted by Crippen LogP contribution is -2.44. The molecule has 1 aliphatic carbocycles. The molecule has 156 valence electrons. The summed E-state index contributed by atoms with van der Waals surface area (Å²) in [5.41, 5.74) is 1.74. The first-order valence-electron chi connectivity index (χ1n) is 9.89. The normalized spacial score (nSPS) is 14.4. The molecule has 1 aromatic carbocycles. The highest BCUT2D eigenvalue weighted by atomic mass is 16.6. The van der Waals surface area contributed by atoms with E-state index in [2.05, 4.69) is 5.32 Å². The maximum Gasteiger partial charge on any atom is 0.408 e. The first-order valence-corrected chi connectivity index (χ1v) is 9.89. The van der Waals surface area contributed by atoms with Gasteiger partial charge in [0.25, 0.3) is 0 Å². The first-order chi connectivity index (χ1) is 13.6. The van der Waals surface area contributed by atoms with Crippen molar-refractivity contribution in [3.8, 4) is 5.75 Å². The summed E-state index contributed by atoms with van der Waals surface area (Å²) in [5, 5.41) is 3.21. The molecular weight excluding hydrogens is 374 g/mol. The van der Waals surface area contributed by atoms with Crippen LogP contribution in [0.15, 0.2) is 21.3 Å². The molecule has 1 aliphatic rings. The van der Waals surface area contributed by atoms with Gasteiger partial charge < -0.3 is 19.2 Å². The molecular formula is C22H27NO6. The summed E-state index contributed by atoms with van der Waals surface area (Å²) in [5.74, 6) is -0.250. The van der Waals surface area contributed by atoms with E-state index in [1.165, 1.54) is 0 Å². The van der Waals surface area contributed by atoms with Crippen LogP contribution in [0.5, 0.6) is 5.75 Å². The van der Waals surface area contributed by atoms with Crippen molar-refractivity contribution in [3.63, 3.8) is 0 Å². The SMILES string of the molecule is CC[C@@H](NC(=O)OC(C)(C)C)C(=O)Oc1cc(C)cc2oc(=O)c3c(c12)CCC3. The number of esters is 1. The molecule has 7 nitrogen and oxygen atoms in total. The second kappa shape index (κ2) is 7.89. The molecule has 0 saturated carbocycles. The van der Waals surface area contributed by atoms with Crippen LogP contribution in [0.4, 0.5) is 4.79 Å². The van der Waals surface area contributed by atoms with Crippen molar-refractivity contribution in [2.24, 2.45) is 0 Å². The second-order valence-corrected chi connectivity index (χ2v) is 8.36. The zero-order valence-corrected chi connectivity index (χ0v) is 17.5. The summed E-state index contributed by atoms with van der Waals surface area (Å²) in [6.07, 6.45) is 1.92. The van der Waals surface area contributed by atoms with Crippen molar-refractivity contribution in [3.05, 3.63) is 39.2 Å². The summed E-state index contributed by atoms with van der Waals surface area (Å²) in [7, 11) is 0. The predicted octanol–water partition coefficient (Wildman–Crippen LogP) is 3.80. The maximum absolute atomic E-state index is 12.8. The Labute approximate surface area is 169 Å². The van der Waals surface area contributed by atoms with Crippen LogP contribution in [0.3, 0.4) is 0 Å². The molecule has 0 radical (unpaired) electrons. The average molecular weight is 401 g/mol. The molecule has 2 aromatic rings. The Morgan fingerprint density at radius 1 is 1.21 bits per heavy atom. The largest absolute Gasteiger partial charge is 0.444 e. The zero-order valence-electron chi connectivity index (χ0n) is 17.5. The number of hydrogen-bond donors (Lipinski definition) is 1. The van der Waals surface area contributed by atoms with Crippen molar-refractivity contribution in [2.75, 3.05) is 0 Å². The number of aryl methyl sites for hydroxylation is 2. The van der Waals surface area contributed by atoms with Gasteiger partial charge in [0.05, 0.1) is 5.39 Å². The van der Waals surface area contributed by atoms with Crippen LogP contribution in [0.1, 0.15) is 57.2 Å². The van der Waals surface area contributed by atoms with Gasteiger partial charge in [-0.2, -0.15) is 0 Å². The van der Waals surface area contributed by atoms with Crippen molar-refractivity contribution in [1.82, 2.24) is 5.32 Å². The quantitative estimate of drug-likeness (QED) is 0.476. The van der Waals surface area contributed by atoms with E-state index in [9.17, 15) is 14.4 Å². The van der Waals surface area contributed by atoms with Crippen LogP contribution in [-0.2, 0) is 22.4 Å². The topological polar surface area (TPSA) is 94.8 Å². The fourth-order valence-electron chi connectivity index (χ4n) is 3.54. The van der Waals surface area contributed by atoms with E-state index >= 15 is 0 Å². The second-order valence-electron chi connectivity index (χ2n) is 8.36. The lowest BCUT2D eigenvalue weighted by molar-refractivity contribution is -0.136. The Bertz CT molecular complexity index is 1010. The Kier molecular flexibility index (Phi) is 5.68. The van der Waals surface area contributed by atoms with Gasteiger partial charge in [-0.25, -0.2) is 14.4 Å². The molecule has 1 amide bonds. The van der Waals surface area contributed by atoms with E-state index in [1.807, 2.05) is 6.92 Å². The molecule has 3 rings (SSSR count). The number of carbonyl (C=O) groups excluding carboxylic acids is 2. The fraction of sp³-hybridized carbons (Fsp3) is 0.500. The van der Waals surface area contributed by atoms with E-state index in [-0.39, 0.29) is 5.63 Å². The number of benzene rings is 1. The number of fused-ring (bicyclic) bond motifs is 3. The molecule has 1 heterocycles. The molecule has 0 aliphatic heterocycles. The summed E-state index contributed by atoms with van der Waals surface area (Å²) in [4.78, 5) is 37.1.